The molecule has 0 aromatic heterocycles. The van der Waals surface area contributed by atoms with Gasteiger partial charge in [0.2, 0.25) is 10.0 Å². The molecule has 1 aliphatic heterocycles. The number of Topliss-reactive ketones (excluding diaryl/α,β-unsaturated/α-hetero) is 1. The zero-order chi connectivity index (χ0) is 18.7. The number of nitrogens with zero attached hydrogens (tertiary/aromatic N) is 1. The molecular weight excluding hydrogens is 354 g/mol. The van der Waals surface area contributed by atoms with Gasteiger partial charge in [-0.05, 0) is 56.7 Å². The zero-order valence-electron chi connectivity index (χ0n) is 15.1. The van der Waals surface area contributed by atoms with Crippen LogP contribution in [-0.4, -0.2) is 43.7 Å². The van der Waals surface area contributed by atoms with Crippen LogP contribution < -0.4 is 0 Å². The topological polar surface area (TPSA) is 80.8 Å². The molecule has 26 heavy (non-hydrogen) atoms. The Morgan fingerprint density at radius 1 is 1.12 bits per heavy atom. The van der Waals surface area contributed by atoms with Gasteiger partial charge in [0.25, 0.3) is 0 Å². The van der Waals surface area contributed by atoms with E-state index in [4.69, 9.17) is 4.74 Å². The Morgan fingerprint density at radius 3 is 2.54 bits per heavy atom. The van der Waals surface area contributed by atoms with Crippen LogP contribution in [0.1, 0.15) is 60.9 Å². The quantitative estimate of drug-likeness (QED) is 0.752. The van der Waals surface area contributed by atoms with Crippen LogP contribution in [0.25, 0.3) is 0 Å². The van der Waals surface area contributed by atoms with Crippen molar-refractivity contribution in [1.29, 1.82) is 0 Å². The molecule has 0 unspecified atom stereocenters. The fourth-order valence-electron chi connectivity index (χ4n) is 3.52. The van der Waals surface area contributed by atoms with Gasteiger partial charge >= 0.3 is 5.97 Å². The second-order valence-electron chi connectivity index (χ2n) is 7.05. The lowest BCUT2D eigenvalue weighted by atomic mass is 9.96. The zero-order valence-corrected chi connectivity index (χ0v) is 15.9. The maximum atomic E-state index is 12.9. The number of benzene rings is 1. The van der Waals surface area contributed by atoms with E-state index in [0.717, 1.165) is 32.1 Å². The summed E-state index contributed by atoms with van der Waals surface area (Å²) in [5, 5.41) is 0. The first-order valence-electron chi connectivity index (χ1n) is 9.24. The number of carbonyl (C=O) groups is 2. The van der Waals surface area contributed by atoms with Crippen molar-refractivity contribution in [3.63, 3.8) is 0 Å². The Labute approximate surface area is 154 Å². The van der Waals surface area contributed by atoms with Crippen molar-refractivity contribution >= 4 is 21.8 Å². The minimum Gasteiger partial charge on any atom is -0.451 e. The fraction of sp³-hybridized carbons (Fsp3) is 0.579. The Hall–Kier alpha value is -1.73. The van der Waals surface area contributed by atoms with Crippen LogP contribution in [0.3, 0.4) is 0 Å². The number of esters is 1. The second kappa shape index (κ2) is 7.88. The van der Waals surface area contributed by atoms with Crippen LogP contribution >= 0.6 is 0 Å². The van der Waals surface area contributed by atoms with Gasteiger partial charge in [0.05, 0.1) is 10.5 Å². The van der Waals surface area contributed by atoms with E-state index >= 15 is 0 Å². The summed E-state index contributed by atoms with van der Waals surface area (Å²) in [4.78, 5) is 24.5. The van der Waals surface area contributed by atoms with Crippen LogP contribution in [0, 0.1) is 6.92 Å². The number of ketones is 1. The fourth-order valence-corrected chi connectivity index (χ4v) is 5.29. The highest BCUT2D eigenvalue weighted by molar-refractivity contribution is 7.89. The monoisotopic (exact) mass is 379 g/mol. The van der Waals surface area contributed by atoms with E-state index in [9.17, 15) is 18.0 Å². The van der Waals surface area contributed by atoms with E-state index in [1.807, 2.05) is 0 Å². The van der Waals surface area contributed by atoms with Crippen molar-refractivity contribution in [2.24, 2.45) is 0 Å². The SMILES string of the molecule is Cc1ccc(C(=O)O[C@H]2CCCCC2=O)cc1S(=O)(=O)N1CCCCC1. The summed E-state index contributed by atoms with van der Waals surface area (Å²) in [5.74, 6) is -0.696. The Kier molecular flexibility index (Phi) is 5.77. The van der Waals surface area contributed by atoms with Crippen LogP contribution in [0.2, 0.25) is 0 Å². The molecule has 0 amide bonds. The Bertz CT molecular complexity index is 796. The highest BCUT2D eigenvalue weighted by atomic mass is 32.2. The average molecular weight is 379 g/mol. The summed E-state index contributed by atoms with van der Waals surface area (Å²) in [6, 6.07) is 4.56. The molecule has 1 saturated carbocycles. The number of ether oxygens (including phenoxy) is 1. The second-order valence-corrected chi connectivity index (χ2v) is 8.96. The average Bonchev–Trinajstić information content (AvgIpc) is 2.64. The normalized spacial score (nSPS) is 22.2. The highest BCUT2D eigenvalue weighted by Crippen LogP contribution is 2.25. The minimum absolute atomic E-state index is 0.0575. The molecule has 2 aliphatic rings. The van der Waals surface area contributed by atoms with E-state index in [1.165, 1.54) is 10.4 Å². The predicted octanol–water partition coefficient (Wildman–Crippen LogP) is 2.84. The molecule has 6 nitrogen and oxygen atoms in total. The molecule has 1 saturated heterocycles. The smallest absolute Gasteiger partial charge is 0.338 e. The number of aryl methyl sites for hydroxylation is 1. The third-order valence-electron chi connectivity index (χ3n) is 5.10. The molecular formula is C19H25NO5S. The molecule has 0 N–H and O–H groups in total. The summed E-state index contributed by atoms with van der Waals surface area (Å²) >= 11 is 0. The van der Waals surface area contributed by atoms with E-state index in [0.29, 0.717) is 31.5 Å². The van der Waals surface area contributed by atoms with E-state index < -0.39 is 22.1 Å². The van der Waals surface area contributed by atoms with Crippen molar-refractivity contribution in [2.75, 3.05) is 13.1 Å². The van der Waals surface area contributed by atoms with E-state index in [-0.39, 0.29) is 16.2 Å². The largest absolute Gasteiger partial charge is 0.451 e. The number of sulfonamides is 1. The molecule has 3 rings (SSSR count). The van der Waals surface area contributed by atoms with Crippen molar-refractivity contribution in [3.05, 3.63) is 29.3 Å². The summed E-state index contributed by atoms with van der Waals surface area (Å²) in [5.41, 5.74) is 0.769. The van der Waals surface area contributed by atoms with Gasteiger partial charge in [0.15, 0.2) is 11.9 Å². The van der Waals surface area contributed by atoms with Gasteiger partial charge in [-0.15, -0.1) is 0 Å². The van der Waals surface area contributed by atoms with Gasteiger partial charge in [-0.3, -0.25) is 4.79 Å². The molecule has 1 aliphatic carbocycles. The van der Waals surface area contributed by atoms with Crippen molar-refractivity contribution in [1.82, 2.24) is 4.31 Å². The van der Waals surface area contributed by atoms with Crippen molar-refractivity contribution in [2.45, 2.75) is 62.9 Å². The summed E-state index contributed by atoms with van der Waals surface area (Å²) in [6.07, 6.45) is 4.68. The minimum atomic E-state index is -3.63. The molecule has 142 valence electrons. The Morgan fingerprint density at radius 2 is 1.85 bits per heavy atom. The number of hydrogen-bond acceptors (Lipinski definition) is 5. The van der Waals surface area contributed by atoms with Gasteiger partial charge < -0.3 is 4.74 Å². The third kappa shape index (κ3) is 3.99. The molecule has 0 spiro atoms. The predicted molar refractivity (Wildman–Crippen MR) is 96.5 cm³/mol. The van der Waals surface area contributed by atoms with Gasteiger partial charge in [-0.1, -0.05) is 12.5 Å². The first-order valence-corrected chi connectivity index (χ1v) is 10.7. The summed E-state index contributed by atoms with van der Waals surface area (Å²) < 4.78 is 32.7. The van der Waals surface area contributed by atoms with Crippen molar-refractivity contribution in [3.8, 4) is 0 Å². The first kappa shape index (κ1) is 19.0. The summed E-state index contributed by atoms with van der Waals surface area (Å²) in [7, 11) is -3.63. The molecule has 0 radical (unpaired) electrons. The number of piperidine rings is 1. The van der Waals surface area contributed by atoms with Gasteiger partial charge in [0.1, 0.15) is 0 Å². The number of rotatable bonds is 4. The van der Waals surface area contributed by atoms with Gasteiger partial charge in [-0.2, -0.15) is 4.31 Å². The molecule has 1 atom stereocenters. The third-order valence-corrected chi connectivity index (χ3v) is 7.15. The lowest BCUT2D eigenvalue weighted by Crippen LogP contribution is -2.36. The van der Waals surface area contributed by atoms with Gasteiger partial charge in [-0.25, -0.2) is 13.2 Å². The van der Waals surface area contributed by atoms with Gasteiger partial charge in [0, 0.05) is 19.5 Å². The maximum absolute atomic E-state index is 12.9. The number of hydrogen-bond donors (Lipinski definition) is 0. The highest BCUT2D eigenvalue weighted by Gasteiger charge is 2.30. The standard InChI is InChI=1S/C19H25NO5S/c1-14-9-10-15(19(22)25-17-8-4-3-7-16(17)21)13-18(14)26(23,24)20-11-5-2-6-12-20/h9-10,13,17H,2-8,11-12H2,1H3/t17-/m0/s1. The summed E-state index contributed by atoms with van der Waals surface area (Å²) in [6.45, 7) is 2.73. The van der Waals surface area contributed by atoms with Crippen LogP contribution in [0.4, 0.5) is 0 Å². The van der Waals surface area contributed by atoms with Crippen LogP contribution in [-0.2, 0) is 19.6 Å². The lowest BCUT2D eigenvalue weighted by molar-refractivity contribution is -0.129. The molecule has 2 fully saturated rings. The molecule has 7 heteroatoms. The van der Waals surface area contributed by atoms with E-state index in [2.05, 4.69) is 0 Å². The molecule has 1 heterocycles. The van der Waals surface area contributed by atoms with Crippen molar-refractivity contribution < 1.29 is 22.7 Å². The van der Waals surface area contributed by atoms with Crippen LogP contribution in [0.5, 0.6) is 0 Å². The lowest BCUT2D eigenvalue weighted by Gasteiger charge is -2.26. The molecule has 1 aromatic rings. The van der Waals surface area contributed by atoms with Crippen LogP contribution in [0.15, 0.2) is 23.1 Å². The number of carbonyl (C=O) groups excluding carboxylic acids is 2. The maximum Gasteiger partial charge on any atom is 0.338 e. The first-order chi connectivity index (χ1) is 12.4. The molecule has 0 bridgehead atoms. The molecule has 1 aromatic carbocycles. The van der Waals surface area contributed by atoms with E-state index in [1.54, 1.807) is 19.1 Å². The Balaban J connectivity index is 1.82.